The summed E-state index contributed by atoms with van der Waals surface area (Å²) in [6.45, 7) is 2.08. The predicted octanol–water partition coefficient (Wildman–Crippen LogP) is 3.56. The van der Waals surface area contributed by atoms with E-state index in [-0.39, 0.29) is 43.4 Å². The van der Waals surface area contributed by atoms with Gasteiger partial charge in [0.25, 0.3) is 0 Å². The van der Waals surface area contributed by atoms with E-state index < -0.39 is 23.4 Å². The summed E-state index contributed by atoms with van der Waals surface area (Å²) in [6.07, 6.45) is 0.176. The highest BCUT2D eigenvalue weighted by Gasteiger charge is 2.59. The first-order chi connectivity index (χ1) is 19.8. The summed E-state index contributed by atoms with van der Waals surface area (Å²) < 4.78 is 16.1. The maximum absolute atomic E-state index is 13.8. The Hall–Kier alpha value is -3.83. The number of nitrogens with zero attached hydrogens (tertiary/aromatic N) is 1. The highest BCUT2D eigenvalue weighted by Crippen LogP contribution is 2.46. The zero-order chi connectivity index (χ0) is 29.0. The molecule has 11 heteroatoms. The fourth-order valence-corrected chi connectivity index (χ4v) is 7.58. The van der Waals surface area contributed by atoms with Crippen molar-refractivity contribution in [2.45, 2.75) is 36.8 Å². The Balaban J connectivity index is 1.32. The zero-order valence-corrected chi connectivity index (χ0v) is 24.3. The van der Waals surface area contributed by atoms with Crippen LogP contribution in [0.5, 0.6) is 5.75 Å². The van der Waals surface area contributed by atoms with Crippen molar-refractivity contribution in [3.8, 4) is 5.75 Å². The van der Waals surface area contributed by atoms with Crippen LogP contribution in [-0.4, -0.2) is 66.1 Å². The third-order valence-corrected chi connectivity index (χ3v) is 9.77. The van der Waals surface area contributed by atoms with Crippen LogP contribution >= 0.6 is 23.1 Å². The van der Waals surface area contributed by atoms with Gasteiger partial charge in [0, 0.05) is 22.6 Å². The molecule has 2 aromatic carbocycles. The van der Waals surface area contributed by atoms with Crippen LogP contribution in [0.4, 0.5) is 0 Å². The van der Waals surface area contributed by atoms with E-state index in [4.69, 9.17) is 14.2 Å². The number of β-lactam (4-membered cyclic amide) rings is 1. The van der Waals surface area contributed by atoms with Crippen LogP contribution in [0.15, 0.2) is 66.0 Å². The molecular weight excluding hydrogens is 564 g/mol. The van der Waals surface area contributed by atoms with Crippen molar-refractivity contribution in [1.82, 2.24) is 10.2 Å². The lowest BCUT2D eigenvalue weighted by Gasteiger charge is -2.54. The minimum atomic E-state index is -1.18. The number of ether oxygens (including phenoxy) is 3. The summed E-state index contributed by atoms with van der Waals surface area (Å²) in [4.78, 5) is 54.3. The Bertz CT molecular complexity index is 1430. The van der Waals surface area contributed by atoms with E-state index in [1.54, 1.807) is 42.5 Å². The van der Waals surface area contributed by atoms with Crippen LogP contribution in [0.3, 0.4) is 0 Å². The van der Waals surface area contributed by atoms with Gasteiger partial charge in [-0.05, 0) is 36.2 Å². The van der Waals surface area contributed by atoms with Gasteiger partial charge in [0.2, 0.25) is 11.8 Å². The van der Waals surface area contributed by atoms with Crippen LogP contribution in [0.1, 0.15) is 33.3 Å². The van der Waals surface area contributed by atoms with Crippen LogP contribution in [0.25, 0.3) is 0 Å². The molecule has 2 aliphatic heterocycles. The molecular formula is C30H30N2O7S2. The number of benzene rings is 2. The molecule has 2 amide bonds. The Morgan fingerprint density at radius 3 is 2.51 bits per heavy atom. The molecule has 0 bridgehead atoms. The molecule has 3 aromatic rings. The largest absolute Gasteiger partial charge is 0.497 e. The molecule has 9 nitrogen and oxygen atoms in total. The number of carbonyl (C=O) groups is 4. The van der Waals surface area contributed by atoms with Crippen LogP contribution in [-0.2, 0) is 42.3 Å². The number of rotatable bonds is 10. The smallest absolute Gasteiger partial charge is 0.338 e. The molecule has 2 aliphatic rings. The van der Waals surface area contributed by atoms with Crippen molar-refractivity contribution < 1.29 is 33.4 Å². The van der Waals surface area contributed by atoms with Crippen molar-refractivity contribution in [2.75, 3.05) is 26.0 Å². The normalized spacial score (nSPS) is 21.3. The second kappa shape index (κ2) is 12.4. The number of nitrogens with one attached hydrogen (secondary N) is 1. The Morgan fingerprint density at radius 1 is 1.05 bits per heavy atom. The van der Waals surface area contributed by atoms with E-state index in [1.807, 2.05) is 42.5 Å². The van der Waals surface area contributed by atoms with Gasteiger partial charge in [-0.3, -0.25) is 14.4 Å². The number of esters is 2. The molecule has 1 aromatic heterocycles. The topological polar surface area (TPSA) is 111 Å². The number of fused-ring (bicyclic) bond motifs is 1. The Morgan fingerprint density at radius 2 is 1.80 bits per heavy atom. The van der Waals surface area contributed by atoms with Gasteiger partial charge in [-0.25, -0.2) is 4.79 Å². The molecule has 41 heavy (non-hydrogen) atoms. The minimum absolute atomic E-state index is 0.0426. The maximum atomic E-state index is 13.8. The van der Waals surface area contributed by atoms with E-state index in [2.05, 4.69) is 5.32 Å². The second-order valence-corrected chi connectivity index (χ2v) is 11.8. The summed E-state index contributed by atoms with van der Waals surface area (Å²) in [5.41, 5.74) is 0.814. The van der Waals surface area contributed by atoms with Crippen LogP contribution < -0.4 is 10.1 Å². The fraction of sp³-hybridized carbons (Fsp3) is 0.333. The lowest BCUT2D eigenvalue weighted by atomic mass is 9.85. The summed E-state index contributed by atoms with van der Waals surface area (Å²) in [7, 11) is 1.58. The molecule has 214 valence electrons. The van der Waals surface area contributed by atoms with Gasteiger partial charge in [-0.1, -0.05) is 42.5 Å². The third-order valence-electron chi connectivity index (χ3n) is 7.11. The minimum Gasteiger partial charge on any atom is -0.497 e. The van der Waals surface area contributed by atoms with Crippen LogP contribution in [0, 0.1) is 0 Å². The fourth-order valence-electron chi connectivity index (χ4n) is 4.87. The highest BCUT2D eigenvalue weighted by molar-refractivity contribution is 8.00. The molecule has 3 heterocycles. The van der Waals surface area contributed by atoms with E-state index in [0.717, 1.165) is 11.1 Å². The van der Waals surface area contributed by atoms with E-state index in [9.17, 15) is 19.2 Å². The average Bonchev–Trinajstić information content (AvgIpc) is 3.50. The lowest BCUT2D eigenvalue weighted by molar-refractivity contribution is -0.158. The first-order valence-corrected chi connectivity index (χ1v) is 15.1. The van der Waals surface area contributed by atoms with Crippen molar-refractivity contribution in [2.24, 2.45) is 0 Å². The molecule has 0 radical (unpaired) electrons. The third kappa shape index (κ3) is 5.96. The molecule has 2 saturated heterocycles. The first-order valence-electron chi connectivity index (χ1n) is 13.2. The quantitative estimate of drug-likeness (QED) is 0.280. The van der Waals surface area contributed by atoms with Gasteiger partial charge in [-0.15, -0.1) is 23.1 Å². The van der Waals surface area contributed by atoms with Gasteiger partial charge in [-0.2, -0.15) is 0 Å². The van der Waals surface area contributed by atoms with Gasteiger partial charge in [0.05, 0.1) is 25.7 Å². The highest BCUT2D eigenvalue weighted by atomic mass is 32.2. The predicted molar refractivity (Wildman–Crippen MR) is 155 cm³/mol. The summed E-state index contributed by atoms with van der Waals surface area (Å²) in [6, 6.07) is 17.5. The number of hydrogen-bond acceptors (Lipinski definition) is 9. The summed E-state index contributed by atoms with van der Waals surface area (Å²) in [5, 5.41) is 4.23. The number of amides is 2. The molecule has 5 rings (SSSR count). The average molecular weight is 595 g/mol. The molecule has 3 atom stereocenters. The number of hydrogen-bond donors (Lipinski definition) is 1. The zero-order valence-electron chi connectivity index (χ0n) is 22.7. The number of methoxy groups -OCH3 is 1. The molecule has 1 N–H and O–H groups in total. The van der Waals surface area contributed by atoms with Crippen molar-refractivity contribution in [1.29, 1.82) is 0 Å². The molecule has 2 fully saturated rings. The van der Waals surface area contributed by atoms with Crippen molar-refractivity contribution >= 4 is 46.9 Å². The first kappa shape index (κ1) is 28.7. The van der Waals surface area contributed by atoms with Gasteiger partial charge >= 0.3 is 11.9 Å². The molecule has 0 saturated carbocycles. The maximum Gasteiger partial charge on any atom is 0.338 e. The van der Waals surface area contributed by atoms with E-state index in [0.29, 0.717) is 21.9 Å². The Labute approximate surface area is 246 Å². The van der Waals surface area contributed by atoms with Crippen LogP contribution in [0.2, 0.25) is 0 Å². The standard InChI is InChI=1S/C30H30N2O7S2/c1-3-38-28(35)21-14-23(40-16-21)30(29(36)39-15-20-9-11-22(37-2)12-10-20)17-32-26(34)25(27(32)41-18-30)31-24(33)13-19-7-5-4-6-8-19/h4-12,14,16,25,27H,3,13,15,17-18H2,1-2H3,(H,31,33)/t25?,27-,30?/m1/s1. The lowest BCUT2D eigenvalue weighted by Crippen LogP contribution is -2.74. The molecule has 2 unspecified atom stereocenters. The van der Waals surface area contributed by atoms with Gasteiger partial charge in [0.15, 0.2) is 0 Å². The molecule has 0 aliphatic carbocycles. The van der Waals surface area contributed by atoms with E-state index >= 15 is 0 Å². The SMILES string of the molecule is CCOC(=O)c1csc(C2(C(=O)OCc3ccc(OC)cc3)CS[C@@H]3C(NC(=O)Cc4ccccc4)C(=O)N3C2)c1. The van der Waals surface area contributed by atoms with Gasteiger partial charge < -0.3 is 24.4 Å². The summed E-state index contributed by atoms with van der Waals surface area (Å²) >= 11 is 2.69. The molecule has 0 spiro atoms. The second-order valence-electron chi connectivity index (χ2n) is 9.80. The number of carbonyl (C=O) groups excluding carboxylic acids is 4. The number of thioether (sulfide) groups is 1. The van der Waals surface area contributed by atoms with Gasteiger partial charge in [0.1, 0.15) is 29.2 Å². The van der Waals surface area contributed by atoms with E-state index in [1.165, 1.54) is 23.1 Å². The van der Waals surface area contributed by atoms with Crippen molar-refractivity contribution in [3.63, 3.8) is 0 Å². The summed E-state index contributed by atoms with van der Waals surface area (Å²) in [5.74, 6) is -0.435. The Kier molecular flexibility index (Phi) is 8.65. The monoisotopic (exact) mass is 594 g/mol. The number of thiophene rings is 1. The van der Waals surface area contributed by atoms with Crippen molar-refractivity contribution in [3.05, 3.63) is 87.6 Å².